The van der Waals surface area contributed by atoms with Gasteiger partial charge in [-0.3, -0.25) is 4.98 Å². The van der Waals surface area contributed by atoms with Gasteiger partial charge in [0.05, 0.1) is 23.3 Å². The molecule has 1 aromatic carbocycles. The molecule has 1 heterocycles. The summed E-state index contributed by atoms with van der Waals surface area (Å²) in [7, 11) is 0. The van der Waals surface area contributed by atoms with E-state index in [0.29, 0.717) is 23.9 Å². The Morgan fingerprint density at radius 2 is 1.71 bits per heavy atom. The van der Waals surface area contributed by atoms with Crippen molar-refractivity contribution in [2.45, 2.75) is 53.9 Å². The first-order valence-corrected chi connectivity index (χ1v) is 11.0. The van der Waals surface area contributed by atoms with Crippen LogP contribution >= 0.6 is 0 Å². The summed E-state index contributed by atoms with van der Waals surface area (Å²) in [5.74, 6) is 1.04. The van der Waals surface area contributed by atoms with Crippen molar-refractivity contribution in [2.75, 3.05) is 28.6 Å². The Labute approximate surface area is 186 Å². The van der Waals surface area contributed by atoms with Crippen molar-refractivity contribution in [1.29, 1.82) is 0 Å². The number of hydrogen-bond acceptors (Lipinski definition) is 4. The number of amides is 2. The molecule has 0 aliphatic rings. The number of anilines is 3. The Morgan fingerprint density at radius 3 is 2.26 bits per heavy atom. The van der Waals surface area contributed by atoms with E-state index in [-0.39, 0.29) is 11.9 Å². The molecule has 0 aliphatic heterocycles. The Bertz CT molecular complexity index is 852. The van der Waals surface area contributed by atoms with E-state index in [2.05, 4.69) is 60.3 Å². The lowest BCUT2D eigenvalue weighted by atomic mass is 9.97. The van der Waals surface area contributed by atoms with Crippen molar-refractivity contribution in [3.8, 4) is 0 Å². The van der Waals surface area contributed by atoms with Crippen LogP contribution in [0.4, 0.5) is 21.9 Å². The molecule has 1 atom stereocenters. The summed E-state index contributed by atoms with van der Waals surface area (Å²) in [6.45, 7) is 14.5. The Morgan fingerprint density at radius 1 is 1.03 bits per heavy atom. The predicted octanol–water partition coefficient (Wildman–Crippen LogP) is 5.84. The number of rotatable bonds is 10. The zero-order chi connectivity index (χ0) is 23.0. The van der Waals surface area contributed by atoms with Gasteiger partial charge in [-0.15, -0.1) is 0 Å². The van der Waals surface area contributed by atoms with E-state index in [1.807, 2.05) is 32.0 Å². The highest BCUT2D eigenvalue weighted by Gasteiger charge is 2.18. The molecule has 0 fully saturated rings. The zero-order valence-corrected chi connectivity index (χ0v) is 19.6. The molecule has 2 aromatic rings. The van der Waals surface area contributed by atoms with Gasteiger partial charge in [-0.2, -0.15) is 0 Å². The topological polar surface area (TPSA) is 74.3 Å². The average molecular weight is 425 g/mol. The normalized spacial score (nSPS) is 12.0. The number of benzene rings is 1. The van der Waals surface area contributed by atoms with E-state index >= 15 is 0 Å². The van der Waals surface area contributed by atoms with E-state index < -0.39 is 0 Å². The van der Waals surface area contributed by atoms with Gasteiger partial charge in [-0.25, -0.2) is 4.79 Å². The number of urea groups is 1. The van der Waals surface area contributed by atoms with Crippen molar-refractivity contribution in [3.05, 3.63) is 47.8 Å². The van der Waals surface area contributed by atoms with Crippen molar-refractivity contribution in [3.63, 3.8) is 0 Å². The van der Waals surface area contributed by atoms with Crippen LogP contribution in [0.2, 0.25) is 0 Å². The van der Waals surface area contributed by atoms with E-state index in [1.54, 1.807) is 6.20 Å². The minimum atomic E-state index is -0.318. The molecule has 2 N–H and O–H groups in total. The predicted molar refractivity (Wildman–Crippen MR) is 129 cm³/mol. The van der Waals surface area contributed by atoms with Gasteiger partial charge in [0, 0.05) is 25.2 Å². The van der Waals surface area contributed by atoms with Crippen molar-refractivity contribution < 1.29 is 9.59 Å². The molecule has 168 valence electrons. The van der Waals surface area contributed by atoms with Crippen LogP contribution in [0, 0.1) is 18.8 Å². The number of carbonyl (C=O) groups excluding carboxylic acids is 2. The van der Waals surface area contributed by atoms with Gasteiger partial charge in [0.15, 0.2) is 0 Å². The van der Waals surface area contributed by atoms with Crippen LogP contribution in [-0.2, 0) is 4.79 Å². The molecule has 0 bridgehead atoms. The molecule has 1 aromatic heterocycles. The van der Waals surface area contributed by atoms with Gasteiger partial charge in [0.25, 0.3) is 0 Å². The second kappa shape index (κ2) is 11.5. The van der Waals surface area contributed by atoms with Crippen LogP contribution in [0.1, 0.15) is 58.2 Å². The molecule has 0 saturated heterocycles. The van der Waals surface area contributed by atoms with Gasteiger partial charge < -0.3 is 20.3 Å². The highest BCUT2D eigenvalue weighted by Crippen LogP contribution is 2.32. The second-order valence-electron chi connectivity index (χ2n) is 9.04. The maximum atomic E-state index is 12.8. The maximum Gasteiger partial charge on any atom is 0.323 e. The fourth-order valence-electron chi connectivity index (χ4n) is 3.50. The molecule has 0 spiro atoms. The van der Waals surface area contributed by atoms with Crippen LogP contribution in [0.15, 0.2) is 36.5 Å². The lowest BCUT2D eigenvalue weighted by molar-refractivity contribution is -0.108. The molecule has 1 unspecified atom stereocenters. The van der Waals surface area contributed by atoms with E-state index in [4.69, 9.17) is 0 Å². The lowest BCUT2D eigenvalue weighted by Crippen LogP contribution is -2.32. The molecular weight excluding hydrogens is 388 g/mol. The van der Waals surface area contributed by atoms with Gasteiger partial charge in [0.1, 0.15) is 6.29 Å². The molecule has 6 heteroatoms. The van der Waals surface area contributed by atoms with Crippen LogP contribution in [0.5, 0.6) is 0 Å². The summed E-state index contributed by atoms with van der Waals surface area (Å²) in [5.41, 5.74) is 4.28. The Balaban J connectivity index is 2.36. The van der Waals surface area contributed by atoms with Crippen molar-refractivity contribution in [1.82, 2.24) is 4.98 Å². The smallest absolute Gasteiger partial charge is 0.323 e. The van der Waals surface area contributed by atoms with Gasteiger partial charge >= 0.3 is 6.03 Å². The van der Waals surface area contributed by atoms with Crippen LogP contribution in [0.3, 0.4) is 0 Å². The second-order valence-corrected chi connectivity index (χ2v) is 9.04. The molecule has 2 amide bonds. The number of hydrogen-bond donors (Lipinski definition) is 2. The third kappa shape index (κ3) is 7.70. The van der Waals surface area contributed by atoms with E-state index in [0.717, 1.165) is 42.0 Å². The van der Waals surface area contributed by atoms with Crippen LogP contribution in [0.25, 0.3) is 0 Å². The summed E-state index contributed by atoms with van der Waals surface area (Å²) in [5, 5.41) is 5.88. The molecule has 0 radical (unpaired) electrons. The van der Waals surface area contributed by atoms with Crippen LogP contribution in [-0.4, -0.2) is 30.4 Å². The number of nitrogens with zero attached hydrogens (tertiary/aromatic N) is 2. The first-order chi connectivity index (χ1) is 14.7. The quantitative estimate of drug-likeness (QED) is 0.470. The van der Waals surface area contributed by atoms with Crippen molar-refractivity contribution in [2.24, 2.45) is 11.8 Å². The number of carbonyl (C=O) groups is 2. The molecule has 0 saturated carbocycles. The largest absolute Gasteiger partial charge is 0.369 e. The standard InChI is InChI=1S/C25H36N4O2/c1-17(2)15-29(16-18(3)4)24-10-8-21(19(5)11-12-30)13-23(24)28-25(31)27-22-9-7-20(6)26-14-22/h7-10,12-14,17-19H,11,15-16H2,1-6H3,(H2,27,28,31). The average Bonchev–Trinajstić information content (AvgIpc) is 2.68. The minimum absolute atomic E-state index is 0.0834. The van der Waals surface area contributed by atoms with Crippen LogP contribution < -0.4 is 15.5 Å². The third-order valence-electron chi connectivity index (χ3n) is 4.97. The number of pyridine rings is 1. The highest BCUT2D eigenvalue weighted by molar-refractivity contribution is 6.01. The molecule has 2 rings (SSSR count). The summed E-state index contributed by atoms with van der Waals surface area (Å²) in [6, 6.07) is 9.48. The summed E-state index contributed by atoms with van der Waals surface area (Å²) >= 11 is 0. The number of nitrogens with one attached hydrogen (secondary N) is 2. The summed E-state index contributed by atoms with van der Waals surface area (Å²) in [6.07, 6.45) is 3.02. The Hall–Kier alpha value is -2.89. The highest BCUT2D eigenvalue weighted by atomic mass is 16.2. The number of aromatic nitrogens is 1. The molecule has 6 nitrogen and oxygen atoms in total. The Kier molecular flexibility index (Phi) is 9.03. The lowest BCUT2D eigenvalue weighted by Gasteiger charge is -2.31. The fraction of sp³-hybridized carbons (Fsp3) is 0.480. The molecule has 31 heavy (non-hydrogen) atoms. The van der Waals surface area contributed by atoms with E-state index in [1.165, 1.54) is 0 Å². The molecular formula is C25H36N4O2. The van der Waals surface area contributed by atoms with E-state index in [9.17, 15) is 9.59 Å². The minimum Gasteiger partial charge on any atom is -0.369 e. The van der Waals surface area contributed by atoms with Crippen molar-refractivity contribution >= 4 is 29.4 Å². The third-order valence-corrected chi connectivity index (χ3v) is 4.97. The molecule has 0 aliphatic carbocycles. The summed E-state index contributed by atoms with van der Waals surface area (Å²) in [4.78, 5) is 30.3. The monoisotopic (exact) mass is 424 g/mol. The van der Waals surface area contributed by atoms with Gasteiger partial charge in [-0.05, 0) is 54.5 Å². The van der Waals surface area contributed by atoms with Gasteiger partial charge in [0.2, 0.25) is 0 Å². The zero-order valence-electron chi connectivity index (χ0n) is 19.6. The summed E-state index contributed by atoms with van der Waals surface area (Å²) < 4.78 is 0. The SMILES string of the molecule is Cc1ccc(NC(=O)Nc2cc(C(C)CC=O)ccc2N(CC(C)C)CC(C)C)cn1. The first-order valence-electron chi connectivity index (χ1n) is 11.0. The van der Waals surface area contributed by atoms with Gasteiger partial charge in [-0.1, -0.05) is 40.7 Å². The first kappa shape index (κ1) is 24.4. The maximum absolute atomic E-state index is 12.8. The fourth-order valence-corrected chi connectivity index (χ4v) is 3.50. The number of aldehydes is 1. The number of aryl methyl sites for hydroxylation is 1.